The Morgan fingerprint density at radius 3 is 1.77 bits per heavy atom. The Hall–Kier alpha value is -1.24. The number of hydrogen-bond donors (Lipinski definition) is 0. The van der Waals surface area contributed by atoms with E-state index in [1.807, 2.05) is 43.3 Å². The first-order valence-corrected chi connectivity index (χ1v) is 10.7. The molecule has 5 heteroatoms. The van der Waals surface area contributed by atoms with Crippen molar-refractivity contribution in [1.82, 2.24) is 0 Å². The van der Waals surface area contributed by atoms with Gasteiger partial charge in [-0.05, 0) is 37.3 Å². The van der Waals surface area contributed by atoms with Gasteiger partial charge in [0.1, 0.15) is 12.2 Å². The van der Waals surface area contributed by atoms with Gasteiger partial charge in [0, 0.05) is 27.9 Å². The summed E-state index contributed by atoms with van der Waals surface area (Å²) in [6.45, 7) is 6.28. The molecule has 0 amide bonds. The second-order valence-electron chi connectivity index (χ2n) is 5.80. The van der Waals surface area contributed by atoms with Gasteiger partial charge in [-0.3, -0.25) is 0 Å². The van der Waals surface area contributed by atoms with Gasteiger partial charge in [-0.25, -0.2) is 0 Å². The molecule has 2 unspecified atom stereocenters. The molecular weight excluding hydrogens is 364 g/mol. The van der Waals surface area contributed by atoms with Crippen LogP contribution in [0.25, 0.3) is 0 Å². The monoisotopic (exact) mass is 388 g/mol. The van der Waals surface area contributed by atoms with E-state index in [0.29, 0.717) is 6.61 Å². The molecule has 0 saturated carbocycles. The third-order valence-corrected chi connectivity index (χ3v) is 6.16. The number of rotatable bonds is 9. The average Bonchev–Trinajstić information content (AvgIpc) is 3.05. The van der Waals surface area contributed by atoms with Gasteiger partial charge in [0.2, 0.25) is 0 Å². The van der Waals surface area contributed by atoms with Crippen LogP contribution in [0.1, 0.15) is 6.92 Å². The maximum absolute atomic E-state index is 6.16. The van der Waals surface area contributed by atoms with Gasteiger partial charge in [-0.2, -0.15) is 0 Å². The highest BCUT2D eigenvalue weighted by Crippen LogP contribution is 2.36. The number of ether oxygens (including phenoxy) is 3. The van der Waals surface area contributed by atoms with E-state index in [1.165, 1.54) is 9.79 Å². The number of hydrogen-bond acceptors (Lipinski definition) is 5. The lowest BCUT2D eigenvalue weighted by atomic mass is 10.3. The Morgan fingerprint density at radius 1 is 0.923 bits per heavy atom. The molecule has 1 aliphatic rings. The van der Waals surface area contributed by atoms with Crippen molar-refractivity contribution in [2.24, 2.45) is 0 Å². The second kappa shape index (κ2) is 9.62. The molecule has 2 aromatic rings. The first-order valence-electron chi connectivity index (χ1n) is 8.73. The van der Waals surface area contributed by atoms with Crippen LogP contribution in [0.5, 0.6) is 0 Å². The van der Waals surface area contributed by atoms with Gasteiger partial charge in [-0.15, -0.1) is 23.5 Å². The lowest BCUT2D eigenvalue weighted by Crippen LogP contribution is -2.32. The smallest absolute Gasteiger partial charge is 0.305 e. The Kier molecular flexibility index (Phi) is 7.23. The third-order valence-electron chi connectivity index (χ3n) is 3.96. The summed E-state index contributed by atoms with van der Waals surface area (Å²) in [4.78, 5) is 2.44. The van der Waals surface area contributed by atoms with Crippen LogP contribution in [0.2, 0.25) is 0 Å². The van der Waals surface area contributed by atoms with E-state index in [2.05, 4.69) is 30.8 Å². The van der Waals surface area contributed by atoms with Crippen molar-refractivity contribution >= 4 is 23.5 Å². The van der Waals surface area contributed by atoms with Crippen molar-refractivity contribution in [1.29, 1.82) is 0 Å². The van der Waals surface area contributed by atoms with E-state index in [0.717, 1.165) is 11.5 Å². The lowest BCUT2D eigenvalue weighted by Gasteiger charge is -2.23. The summed E-state index contributed by atoms with van der Waals surface area (Å²) < 4.78 is 18.1. The van der Waals surface area contributed by atoms with Crippen LogP contribution in [-0.2, 0) is 14.2 Å². The molecule has 0 radical (unpaired) electrons. The van der Waals surface area contributed by atoms with E-state index in [-0.39, 0.29) is 12.2 Å². The highest BCUT2D eigenvalue weighted by atomic mass is 32.2. The zero-order valence-corrected chi connectivity index (χ0v) is 16.5. The van der Waals surface area contributed by atoms with Crippen LogP contribution < -0.4 is 0 Å². The fourth-order valence-electron chi connectivity index (χ4n) is 2.70. The van der Waals surface area contributed by atoms with E-state index in [4.69, 9.17) is 14.2 Å². The molecule has 0 bridgehead atoms. The number of benzene rings is 2. The van der Waals surface area contributed by atoms with Gasteiger partial charge in [0.25, 0.3) is 0 Å². The van der Waals surface area contributed by atoms with E-state index in [1.54, 1.807) is 29.6 Å². The largest absolute Gasteiger partial charge is 0.324 e. The van der Waals surface area contributed by atoms with Crippen molar-refractivity contribution in [3.63, 3.8) is 0 Å². The predicted molar refractivity (Wildman–Crippen MR) is 109 cm³/mol. The summed E-state index contributed by atoms with van der Waals surface area (Å²) in [5.41, 5.74) is 0. The molecule has 3 rings (SSSR count). The molecule has 1 heterocycles. The van der Waals surface area contributed by atoms with Crippen LogP contribution in [0.15, 0.2) is 83.1 Å². The van der Waals surface area contributed by atoms with Gasteiger partial charge in [-0.1, -0.05) is 43.0 Å². The molecule has 0 N–H and O–H groups in total. The average molecular weight is 389 g/mol. The van der Waals surface area contributed by atoms with Crippen LogP contribution in [-0.4, -0.2) is 36.3 Å². The van der Waals surface area contributed by atoms with Crippen molar-refractivity contribution in [2.75, 3.05) is 18.1 Å². The summed E-state index contributed by atoms with van der Waals surface area (Å²) >= 11 is 3.54. The van der Waals surface area contributed by atoms with Gasteiger partial charge in [0.15, 0.2) is 0 Å². The Bertz CT molecular complexity index is 627. The zero-order valence-electron chi connectivity index (χ0n) is 14.9. The van der Waals surface area contributed by atoms with Gasteiger partial charge in [0.05, 0.1) is 0 Å². The summed E-state index contributed by atoms with van der Waals surface area (Å²) in [5.74, 6) is 0.456. The second-order valence-corrected chi connectivity index (χ2v) is 7.99. The standard InChI is InChI=1S/C21H24O3S2/c1-3-21(22-4-2)23-19(15-25-17-11-7-5-8-12-17)20(24-21)16-26-18-13-9-6-10-14-18/h3,5-14,19-20H,1,4,15-16H2,2H3. The third kappa shape index (κ3) is 5.15. The summed E-state index contributed by atoms with van der Waals surface area (Å²) in [6, 6.07) is 20.7. The van der Waals surface area contributed by atoms with E-state index < -0.39 is 5.97 Å². The fraction of sp³-hybridized carbons (Fsp3) is 0.333. The molecule has 3 nitrogen and oxygen atoms in total. The van der Waals surface area contributed by atoms with E-state index >= 15 is 0 Å². The highest BCUT2D eigenvalue weighted by molar-refractivity contribution is 7.99. The molecule has 26 heavy (non-hydrogen) atoms. The predicted octanol–water partition coefficient (Wildman–Crippen LogP) is 5.23. The maximum atomic E-state index is 6.16. The van der Waals surface area contributed by atoms with Crippen LogP contribution in [0.4, 0.5) is 0 Å². The lowest BCUT2D eigenvalue weighted by molar-refractivity contribution is -0.304. The van der Waals surface area contributed by atoms with Crippen LogP contribution in [0.3, 0.4) is 0 Å². The van der Waals surface area contributed by atoms with E-state index in [9.17, 15) is 0 Å². The molecular formula is C21H24O3S2. The number of thioether (sulfide) groups is 2. The van der Waals surface area contributed by atoms with Crippen molar-refractivity contribution in [2.45, 2.75) is 34.9 Å². The molecule has 1 fully saturated rings. The molecule has 1 aliphatic heterocycles. The maximum Gasteiger partial charge on any atom is 0.305 e. The molecule has 2 aromatic carbocycles. The molecule has 138 valence electrons. The molecule has 2 atom stereocenters. The van der Waals surface area contributed by atoms with Crippen LogP contribution in [0, 0.1) is 0 Å². The Morgan fingerprint density at radius 2 is 1.38 bits per heavy atom. The normalized spacial score (nSPS) is 25.3. The SMILES string of the molecule is C=CC1(OCC)OC(CSc2ccccc2)C(CSc2ccccc2)O1. The minimum absolute atomic E-state index is 0.0685. The summed E-state index contributed by atoms with van der Waals surface area (Å²) in [7, 11) is 0. The zero-order chi connectivity index (χ0) is 18.2. The molecule has 0 spiro atoms. The van der Waals surface area contributed by atoms with Crippen molar-refractivity contribution in [3.8, 4) is 0 Å². The summed E-state index contributed by atoms with van der Waals surface area (Å²) in [6.07, 6.45) is 1.48. The topological polar surface area (TPSA) is 27.7 Å². The fourth-order valence-corrected chi connectivity index (χ4v) is 4.68. The minimum atomic E-state index is -1.14. The van der Waals surface area contributed by atoms with Crippen molar-refractivity contribution in [3.05, 3.63) is 73.3 Å². The molecule has 0 aliphatic carbocycles. The van der Waals surface area contributed by atoms with Gasteiger partial charge < -0.3 is 14.2 Å². The van der Waals surface area contributed by atoms with Gasteiger partial charge >= 0.3 is 5.97 Å². The first kappa shape index (κ1) is 19.5. The molecule has 1 saturated heterocycles. The van der Waals surface area contributed by atoms with Crippen LogP contribution >= 0.6 is 23.5 Å². The Balaban J connectivity index is 1.66. The summed E-state index contributed by atoms with van der Waals surface area (Å²) in [5, 5.41) is 0. The van der Waals surface area contributed by atoms with Crippen molar-refractivity contribution < 1.29 is 14.2 Å². The Labute approximate surface area is 164 Å². The minimum Gasteiger partial charge on any atom is -0.324 e. The molecule has 0 aromatic heterocycles. The first-order chi connectivity index (χ1) is 12.7. The quantitative estimate of drug-likeness (QED) is 0.433. The highest BCUT2D eigenvalue weighted by Gasteiger charge is 2.46.